The van der Waals surface area contributed by atoms with Gasteiger partial charge < -0.3 is 10.6 Å². The van der Waals surface area contributed by atoms with Gasteiger partial charge in [-0.3, -0.25) is 4.79 Å². The number of hydrogen-bond donors (Lipinski definition) is 2. The summed E-state index contributed by atoms with van der Waals surface area (Å²) in [6.07, 6.45) is 5.27. The highest BCUT2D eigenvalue weighted by Crippen LogP contribution is 2.22. The Morgan fingerprint density at radius 2 is 2.12 bits per heavy atom. The molecule has 2 unspecified atom stereocenters. The molecule has 1 fully saturated rings. The first-order valence-electron chi connectivity index (χ1n) is 7.17. The molecule has 1 amide bonds. The van der Waals surface area contributed by atoms with Crippen LogP contribution >= 0.6 is 0 Å². The molecule has 1 aliphatic rings. The second-order valence-electron chi connectivity index (χ2n) is 5.37. The Bertz CT molecular complexity index is 220. The fraction of sp³-hybridized carbons (Fsp3) is 0.929. The highest BCUT2D eigenvalue weighted by Gasteiger charge is 2.22. The van der Waals surface area contributed by atoms with Crippen LogP contribution in [0.2, 0.25) is 0 Å². The lowest BCUT2D eigenvalue weighted by Gasteiger charge is -2.28. The van der Waals surface area contributed by atoms with Gasteiger partial charge in [0, 0.05) is 12.5 Å². The van der Waals surface area contributed by atoms with E-state index < -0.39 is 0 Å². The SMILES string of the molecule is CCC(CC)NC(=O)CC(C)C1CCCNC1. The number of rotatable bonds is 6. The molecule has 3 nitrogen and oxygen atoms in total. The first-order chi connectivity index (χ1) is 8.17. The summed E-state index contributed by atoms with van der Waals surface area (Å²) in [7, 11) is 0. The van der Waals surface area contributed by atoms with Crippen LogP contribution in [0.5, 0.6) is 0 Å². The zero-order valence-electron chi connectivity index (χ0n) is 11.6. The standard InChI is InChI=1S/C14H28N2O/c1-4-13(5-2)16-14(17)9-11(3)12-7-6-8-15-10-12/h11-13,15H,4-10H2,1-3H3,(H,16,17). The molecule has 17 heavy (non-hydrogen) atoms. The lowest BCUT2D eigenvalue weighted by atomic mass is 9.85. The van der Waals surface area contributed by atoms with Crippen molar-refractivity contribution >= 4 is 5.91 Å². The molecule has 3 heteroatoms. The van der Waals surface area contributed by atoms with Gasteiger partial charge in [-0.25, -0.2) is 0 Å². The highest BCUT2D eigenvalue weighted by atomic mass is 16.1. The van der Waals surface area contributed by atoms with Gasteiger partial charge in [-0.15, -0.1) is 0 Å². The van der Waals surface area contributed by atoms with Gasteiger partial charge in [0.05, 0.1) is 0 Å². The monoisotopic (exact) mass is 240 g/mol. The van der Waals surface area contributed by atoms with Crippen LogP contribution < -0.4 is 10.6 Å². The predicted molar refractivity (Wildman–Crippen MR) is 71.9 cm³/mol. The van der Waals surface area contributed by atoms with Crippen molar-refractivity contribution in [2.45, 2.75) is 58.9 Å². The summed E-state index contributed by atoms with van der Waals surface area (Å²) in [6.45, 7) is 8.69. The quantitative estimate of drug-likeness (QED) is 0.748. The molecule has 0 radical (unpaired) electrons. The fourth-order valence-electron chi connectivity index (χ4n) is 2.60. The van der Waals surface area contributed by atoms with E-state index in [0.29, 0.717) is 24.3 Å². The average Bonchev–Trinajstić information content (AvgIpc) is 2.37. The molecule has 0 aromatic heterocycles. The Balaban J connectivity index is 2.29. The number of piperidine rings is 1. The summed E-state index contributed by atoms with van der Waals surface area (Å²) < 4.78 is 0. The molecule has 0 aromatic carbocycles. The molecule has 1 rings (SSSR count). The fourth-order valence-corrected chi connectivity index (χ4v) is 2.60. The van der Waals surface area contributed by atoms with Crippen LogP contribution in [0, 0.1) is 11.8 Å². The van der Waals surface area contributed by atoms with Gasteiger partial charge in [-0.1, -0.05) is 20.8 Å². The Morgan fingerprint density at radius 1 is 1.41 bits per heavy atom. The van der Waals surface area contributed by atoms with Crippen molar-refractivity contribution in [1.82, 2.24) is 10.6 Å². The Hall–Kier alpha value is -0.570. The van der Waals surface area contributed by atoms with Crippen molar-refractivity contribution in [2.24, 2.45) is 11.8 Å². The van der Waals surface area contributed by atoms with Crippen molar-refractivity contribution < 1.29 is 4.79 Å². The maximum absolute atomic E-state index is 11.9. The molecule has 2 N–H and O–H groups in total. The molecule has 1 saturated heterocycles. The van der Waals surface area contributed by atoms with Crippen LogP contribution in [-0.4, -0.2) is 25.0 Å². The number of carbonyl (C=O) groups excluding carboxylic acids is 1. The zero-order chi connectivity index (χ0) is 12.7. The minimum atomic E-state index is 0.233. The van der Waals surface area contributed by atoms with Crippen LogP contribution in [-0.2, 0) is 4.79 Å². The van der Waals surface area contributed by atoms with Gasteiger partial charge in [0.15, 0.2) is 0 Å². The average molecular weight is 240 g/mol. The summed E-state index contributed by atoms with van der Waals surface area (Å²) >= 11 is 0. The normalized spacial score (nSPS) is 22.5. The van der Waals surface area contributed by atoms with E-state index in [1.807, 2.05) is 0 Å². The van der Waals surface area contributed by atoms with Crippen LogP contribution in [0.15, 0.2) is 0 Å². The molecule has 0 aromatic rings. The molecular formula is C14H28N2O. The van der Waals surface area contributed by atoms with E-state index in [1.54, 1.807) is 0 Å². The van der Waals surface area contributed by atoms with Gasteiger partial charge in [-0.2, -0.15) is 0 Å². The maximum Gasteiger partial charge on any atom is 0.220 e. The summed E-state index contributed by atoms with van der Waals surface area (Å²) in [6, 6.07) is 0.360. The van der Waals surface area contributed by atoms with E-state index in [9.17, 15) is 4.79 Å². The van der Waals surface area contributed by atoms with Crippen LogP contribution in [0.3, 0.4) is 0 Å². The molecule has 0 spiro atoms. The van der Waals surface area contributed by atoms with E-state index in [4.69, 9.17) is 0 Å². The Morgan fingerprint density at radius 3 is 2.65 bits per heavy atom. The van der Waals surface area contributed by atoms with Crippen molar-refractivity contribution in [2.75, 3.05) is 13.1 Å². The van der Waals surface area contributed by atoms with Crippen molar-refractivity contribution in [1.29, 1.82) is 0 Å². The smallest absolute Gasteiger partial charge is 0.220 e. The number of carbonyl (C=O) groups is 1. The molecule has 0 aliphatic carbocycles. The topological polar surface area (TPSA) is 41.1 Å². The van der Waals surface area contributed by atoms with Gasteiger partial charge >= 0.3 is 0 Å². The van der Waals surface area contributed by atoms with E-state index in [2.05, 4.69) is 31.4 Å². The van der Waals surface area contributed by atoms with Crippen molar-refractivity contribution in [3.05, 3.63) is 0 Å². The molecule has 0 bridgehead atoms. The first-order valence-corrected chi connectivity index (χ1v) is 7.17. The maximum atomic E-state index is 11.9. The van der Waals surface area contributed by atoms with E-state index in [-0.39, 0.29) is 5.91 Å². The predicted octanol–water partition coefficient (Wildman–Crippen LogP) is 2.32. The summed E-state index contributed by atoms with van der Waals surface area (Å²) in [5.41, 5.74) is 0. The third-order valence-corrected chi connectivity index (χ3v) is 4.00. The van der Waals surface area contributed by atoms with Gasteiger partial charge in [-0.05, 0) is 50.6 Å². The number of hydrogen-bond acceptors (Lipinski definition) is 2. The largest absolute Gasteiger partial charge is 0.353 e. The lowest BCUT2D eigenvalue weighted by molar-refractivity contribution is -0.123. The number of amides is 1. The molecular weight excluding hydrogens is 212 g/mol. The minimum absolute atomic E-state index is 0.233. The summed E-state index contributed by atoms with van der Waals surface area (Å²) in [5.74, 6) is 1.41. The van der Waals surface area contributed by atoms with E-state index in [0.717, 1.165) is 25.9 Å². The second-order valence-corrected chi connectivity index (χ2v) is 5.37. The van der Waals surface area contributed by atoms with Gasteiger partial charge in [0.25, 0.3) is 0 Å². The Kier molecular flexibility index (Phi) is 6.56. The third-order valence-electron chi connectivity index (χ3n) is 4.00. The Labute approximate surface area is 106 Å². The van der Waals surface area contributed by atoms with Crippen LogP contribution in [0.1, 0.15) is 52.9 Å². The molecule has 100 valence electrons. The van der Waals surface area contributed by atoms with Gasteiger partial charge in [0.1, 0.15) is 0 Å². The van der Waals surface area contributed by atoms with Crippen LogP contribution in [0.4, 0.5) is 0 Å². The van der Waals surface area contributed by atoms with E-state index in [1.165, 1.54) is 12.8 Å². The highest BCUT2D eigenvalue weighted by molar-refractivity contribution is 5.76. The van der Waals surface area contributed by atoms with Gasteiger partial charge in [0.2, 0.25) is 5.91 Å². The third kappa shape index (κ3) is 5.07. The lowest BCUT2D eigenvalue weighted by Crippen LogP contribution is -2.38. The summed E-state index contributed by atoms with van der Waals surface area (Å²) in [5, 5.41) is 6.55. The van der Waals surface area contributed by atoms with Crippen molar-refractivity contribution in [3.63, 3.8) is 0 Å². The van der Waals surface area contributed by atoms with Crippen LogP contribution in [0.25, 0.3) is 0 Å². The van der Waals surface area contributed by atoms with E-state index >= 15 is 0 Å². The zero-order valence-corrected chi connectivity index (χ0v) is 11.6. The minimum Gasteiger partial charge on any atom is -0.353 e. The molecule has 0 saturated carbocycles. The molecule has 1 aliphatic heterocycles. The van der Waals surface area contributed by atoms with Crippen molar-refractivity contribution in [3.8, 4) is 0 Å². The first kappa shape index (κ1) is 14.5. The number of nitrogens with one attached hydrogen (secondary N) is 2. The second kappa shape index (κ2) is 7.70. The molecule has 2 atom stereocenters. The summed E-state index contributed by atoms with van der Waals surface area (Å²) in [4.78, 5) is 11.9. The molecule has 1 heterocycles.